The number of aliphatic carboxylic acids is 1. The second kappa shape index (κ2) is 5.11. The van der Waals surface area contributed by atoms with E-state index in [4.69, 9.17) is 5.11 Å². The van der Waals surface area contributed by atoms with Crippen LogP contribution in [0.2, 0.25) is 0 Å². The summed E-state index contributed by atoms with van der Waals surface area (Å²) in [6.45, 7) is 6.65. The van der Waals surface area contributed by atoms with E-state index < -0.39 is 11.9 Å². The number of nitrogens with zero attached hydrogens (tertiary/aromatic N) is 2. The Hall–Kier alpha value is -1.10. The van der Waals surface area contributed by atoms with E-state index in [-0.39, 0.29) is 5.91 Å². The lowest BCUT2D eigenvalue weighted by atomic mass is 10.1. The summed E-state index contributed by atoms with van der Waals surface area (Å²) in [5, 5.41) is 8.75. The summed E-state index contributed by atoms with van der Waals surface area (Å²) in [7, 11) is 0. The first-order valence-corrected chi connectivity index (χ1v) is 5.27. The van der Waals surface area contributed by atoms with Crippen LogP contribution in [0.25, 0.3) is 0 Å². The van der Waals surface area contributed by atoms with E-state index >= 15 is 0 Å². The molecule has 1 heterocycles. The minimum atomic E-state index is -0.805. The first-order valence-electron chi connectivity index (χ1n) is 5.27. The fourth-order valence-corrected chi connectivity index (χ4v) is 1.71. The molecule has 1 saturated heterocycles. The van der Waals surface area contributed by atoms with Crippen LogP contribution in [-0.2, 0) is 9.59 Å². The number of hydrogen-bond donors (Lipinski definition) is 1. The number of hydrogen-bond acceptors (Lipinski definition) is 3. The van der Waals surface area contributed by atoms with E-state index in [9.17, 15) is 9.59 Å². The average molecular weight is 214 g/mol. The molecule has 1 amide bonds. The molecule has 15 heavy (non-hydrogen) atoms. The minimum absolute atomic E-state index is 0.0985. The number of carbonyl (C=O) groups excluding carboxylic acids is 1. The molecule has 0 aromatic rings. The van der Waals surface area contributed by atoms with E-state index in [1.807, 2.05) is 11.8 Å². The average Bonchev–Trinajstić information content (AvgIpc) is 2.18. The molecule has 1 rings (SSSR count). The summed E-state index contributed by atoms with van der Waals surface area (Å²) in [5.41, 5.74) is 0. The molecule has 0 spiro atoms. The minimum Gasteiger partial charge on any atom is -0.481 e. The molecule has 1 aliphatic rings. The van der Waals surface area contributed by atoms with Crippen LogP contribution >= 0.6 is 0 Å². The van der Waals surface area contributed by atoms with Crippen molar-refractivity contribution in [3.8, 4) is 0 Å². The van der Waals surface area contributed by atoms with E-state index in [0.717, 1.165) is 13.1 Å². The van der Waals surface area contributed by atoms with Gasteiger partial charge in [-0.05, 0) is 6.92 Å². The number of carboxylic acids is 1. The first-order chi connectivity index (χ1) is 7.04. The van der Waals surface area contributed by atoms with Gasteiger partial charge in [0.1, 0.15) is 0 Å². The SMILES string of the molecule is CCN1CCN(CC(C)C(=O)O)CC1=O. The van der Waals surface area contributed by atoms with Crippen molar-refractivity contribution >= 4 is 11.9 Å². The van der Waals surface area contributed by atoms with Gasteiger partial charge < -0.3 is 10.0 Å². The maximum absolute atomic E-state index is 11.5. The lowest BCUT2D eigenvalue weighted by Crippen LogP contribution is -2.51. The Morgan fingerprint density at radius 1 is 1.53 bits per heavy atom. The summed E-state index contributed by atoms with van der Waals surface area (Å²) in [6.07, 6.45) is 0. The summed E-state index contributed by atoms with van der Waals surface area (Å²) in [5.74, 6) is -1.12. The van der Waals surface area contributed by atoms with Gasteiger partial charge in [0.15, 0.2) is 0 Å². The molecule has 1 fully saturated rings. The van der Waals surface area contributed by atoms with Gasteiger partial charge in [-0.2, -0.15) is 0 Å². The van der Waals surface area contributed by atoms with Gasteiger partial charge in [0.25, 0.3) is 0 Å². The highest BCUT2D eigenvalue weighted by Crippen LogP contribution is 2.06. The maximum atomic E-state index is 11.5. The zero-order valence-corrected chi connectivity index (χ0v) is 9.27. The molecule has 1 aliphatic heterocycles. The summed E-state index contributed by atoms with van der Waals surface area (Å²) < 4.78 is 0. The standard InChI is InChI=1S/C10H18N2O3/c1-3-12-5-4-11(7-9(12)13)6-8(2)10(14)15/h8H,3-7H2,1-2H3,(H,14,15). The maximum Gasteiger partial charge on any atom is 0.307 e. The van der Waals surface area contributed by atoms with E-state index in [0.29, 0.717) is 19.6 Å². The molecule has 5 heteroatoms. The van der Waals surface area contributed by atoms with Crippen molar-refractivity contribution in [2.75, 3.05) is 32.7 Å². The quantitative estimate of drug-likeness (QED) is 0.708. The van der Waals surface area contributed by atoms with Gasteiger partial charge in [0.05, 0.1) is 12.5 Å². The number of rotatable bonds is 4. The number of amides is 1. The monoisotopic (exact) mass is 214 g/mol. The van der Waals surface area contributed by atoms with Gasteiger partial charge in [-0.15, -0.1) is 0 Å². The zero-order chi connectivity index (χ0) is 11.4. The van der Waals surface area contributed by atoms with Gasteiger partial charge in [-0.25, -0.2) is 0 Å². The highest BCUT2D eigenvalue weighted by atomic mass is 16.4. The fourth-order valence-electron chi connectivity index (χ4n) is 1.71. The Balaban J connectivity index is 2.41. The lowest BCUT2D eigenvalue weighted by molar-refractivity contribution is -0.144. The van der Waals surface area contributed by atoms with Crippen LogP contribution in [0.15, 0.2) is 0 Å². The third-order valence-electron chi connectivity index (χ3n) is 2.73. The molecular weight excluding hydrogens is 196 g/mol. The van der Waals surface area contributed by atoms with Crippen LogP contribution < -0.4 is 0 Å². The highest BCUT2D eigenvalue weighted by molar-refractivity contribution is 5.79. The number of piperazine rings is 1. The zero-order valence-electron chi connectivity index (χ0n) is 9.27. The van der Waals surface area contributed by atoms with Crippen molar-refractivity contribution in [2.45, 2.75) is 13.8 Å². The van der Waals surface area contributed by atoms with E-state index in [1.54, 1.807) is 11.8 Å². The Labute approximate surface area is 89.7 Å². The van der Waals surface area contributed by atoms with Gasteiger partial charge in [0.2, 0.25) is 5.91 Å². The van der Waals surface area contributed by atoms with E-state index in [1.165, 1.54) is 0 Å². The molecule has 0 aromatic carbocycles. The Morgan fingerprint density at radius 2 is 2.20 bits per heavy atom. The van der Waals surface area contributed by atoms with Gasteiger partial charge in [0, 0.05) is 26.2 Å². The second-order valence-electron chi connectivity index (χ2n) is 3.95. The van der Waals surface area contributed by atoms with Crippen molar-refractivity contribution in [3.05, 3.63) is 0 Å². The third kappa shape index (κ3) is 3.20. The predicted octanol–water partition coefficient (Wildman–Crippen LogP) is -0.129. The number of carbonyl (C=O) groups is 2. The Morgan fingerprint density at radius 3 is 2.67 bits per heavy atom. The van der Waals surface area contributed by atoms with Crippen molar-refractivity contribution in [1.29, 1.82) is 0 Å². The number of likely N-dealkylation sites (N-methyl/N-ethyl adjacent to an activating group) is 1. The largest absolute Gasteiger partial charge is 0.481 e. The smallest absolute Gasteiger partial charge is 0.307 e. The van der Waals surface area contributed by atoms with Crippen LogP contribution in [0.1, 0.15) is 13.8 Å². The van der Waals surface area contributed by atoms with Crippen molar-refractivity contribution in [1.82, 2.24) is 9.80 Å². The van der Waals surface area contributed by atoms with Crippen molar-refractivity contribution in [2.24, 2.45) is 5.92 Å². The topological polar surface area (TPSA) is 60.9 Å². The van der Waals surface area contributed by atoms with Crippen LogP contribution in [0, 0.1) is 5.92 Å². The van der Waals surface area contributed by atoms with Crippen LogP contribution in [0.5, 0.6) is 0 Å². The van der Waals surface area contributed by atoms with Crippen LogP contribution in [0.3, 0.4) is 0 Å². The molecule has 0 aromatic heterocycles. The third-order valence-corrected chi connectivity index (χ3v) is 2.73. The number of carboxylic acid groups (broad SMARTS) is 1. The molecular formula is C10H18N2O3. The summed E-state index contributed by atoms with van der Waals surface area (Å²) in [4.78, 5) is 25.9. The highest BCUT2D eigenvalue weighted by Gasteiger charge is 2.25. The molecule has 0 aliphatic carbocycles. The van der Waals surface area contributed by atoms with E-state index in [2.05, 4.69) is 0 Å². The fraction of sp³-hybridized carbons (Fsp3) is 0.800. The molecule has 1 N–H and O–H groups in total. The molecule has 1 unspecified atom stereocenters. The first kappa shape index (κ1) is 12.0. The van der Waals surface area contributed by atoms with Crippen LogP contribution in [-0.4, -0.2) is 59.5 Å². The second-order valence-corrected chi connectivity index (χ2v) is 3.95. The predicted molar refractivity (Wildman–Crippen MR) is 55.5 cm³/mol. The summed E-state index contributed by atoms with van der Waals surface area (Å²) in [6, 6.07) is 0. The summed E-state index contributed by atoms with van der Waals surface area (Å²) >= 11 is 0. The Bertz CT molecular complexity index is 255. The van der Waals surface area contributed by atoms with Gasteiger partial charge in [-0.3, -0.25) is 14.5 Å². The van der Waals surface area contributed by atoms with Gasteiger partial charge >= 0.3 is 5.97 Å². The molecule has 0 saturated carbocycles. The van der Waals surface area contributed by atoms with Crippen molar-refractivity contribution in [3.63, 3.8) is 0 Å². The van der Waals surface area contributed by atoms with Crippen molar-refractivity contribution < 1.29 is 14.7 Å². The molecule has 1 atom stereocenters. The molecule has 86 valence electrons. The lowest BCUT2D eigenvalue weighted by Gasteiger charge is -2.34. The Kier molecular flexibility index (Phi) is 4.08. The van der Waals surface area contributed by atoms with Crippen LogP contribution in [0.4, 0.5) is 0 Å². The molecule has 0 radical (unpaired) electrons. The van der Waals surface area contributed by atoms with Gasteiger partial charge in [-0.1, -0.05) is 6.92 Å². The normalized spacial score (nSPS) is 20.4. The molecule has 0 bridgehead atoms. The molecule has 5 nitrogen and oxygen atoms in total.